The van der Waals surface area contributed by atoms with Gasteiger partial charge in [0.05, 0.1) is 19.3 Å². The summed E-state index contributed by atoms with van der Waals surface area (Å²) in [5.41, 5.74) is 1.07. The van der Waals surface area contributed by atoms with Crippen LogP contribution in [0.15, 0.2) is 11.3 Å². The van der Waals surface area contributed by atoms with Gasteiger partial charge in [0.25, 0.3) is 0 Å². The third-order valence-electron chi connectivity index (χ3n) is 5.95. The number of ether oxygens (including phenoxy) is 4. The predicted molar refractivity (Wildman–Crippen MR) is 115 cm³/mol. The van der Waals surface area contributed by atoms with E-state index in [0.717, 1.165) is 25.7 Å². The Labute approximate surface area is 186 Å². The Morgan fingerprint density at radius 1 is 1.25 bits per heavy atom. The van der Waals surface area contributed by atoms with E-state index in [1.165, 1.54) is 0 Å². The van der Waals surface area contributed by atoms with Crippen molar-refractivity contribution in [2.24, 2.45) is 4.99 Å². The number of aliphatic hydroxyl groups excluding tert-OH is 1. The van der Waals surface area contributed by atoms with Crippen molar-refractivity contribution in [1.29, 1.82) is 0 Å². The van der Waals surface area contributed by atoms with Crippen molar-refractivity contribution in [2.45, 2.75) is 76.0 Å². The summed E-state index contributed by atoms with van der Waals surface area (Å²) in [6, 6.07) is 0.272. The van der Waals surface area contributed by atoms with Crippen LogP contribution in [0.25, 0.3) is 11.2 Å². The predicted octanol–water partition coefficient (Wildman–Crippen LogP) is 1.78. The third-order valence-corrected chi connectivity index (χ3v) is 5.95. The van der Waals surface area contributed by atoms with E-state index >= 15 is 0 Å². The molecule has 0 radical (unpaired) electrons. The molecule has 0 unspecified atom stereocenters. The molecule has 4 heterocycles. The maximum absolute atomic E-state index is 9.83. The molecule has 1 saturated carbocycles. The van der Waals surface area contributed by atoms with E-state index in [0.29, 0.717) is 17.0 Å². The largest absolute Gasteiger partial charge is 0.460 e. The highest BCUT2D eigenvalue weighted by atomic mass is 16.8. The fourth-order valence-electron chi connectivity index (χ4n) is 4.57. The molecule has 4 atom stereocenters. The molecular formula is C21H30N6O5. The Hall–Kier alpha value is -2.34. The molecule has 11 heteroatoms. The molecular weight excluding hydrogens is 416 g/mol. The standard InChI is InChI=1S/C21H30N6O5/c1-21(2)31-15-13(9-28)30-19(16(15)32-21)27-11-22-14-17(23-10-26(3)4)24-20(25-18(14)27)29-12-7-5-6-8-12/h10-13,15-16,19,28H,5-9H2,1-4H3/b23-10-/t13-,15-,16-,19-/m1/s1. The number of hydrogen-bond acceptors (Lipinski definition) is 9. The molecule has 3 aliphatic rings. The molecule has 3 fully saturated rings. The Bertz CT molecular complexity index is 1000. The first kappa shape index (κ1) is 21.5. The second-order valence-electron chi connectivity index (χ2n) is 9.20. The van der Waals surface area contributed by atoms with Crippen molar-refractivity contribution >= 4 is 23.3 Å². The third kappa shape index (κ3) is 3.94. The van der Waals surface area contributed by atoms with Crippen molar-refractivity contribution in [3.05, 3.63) is 6.33 Å². The van der Waals surface area contributed by atoms with Gasteiger partial charge in [-0.15, -0.1) is 0 Å². The number of aliphatic hydroxyl groups is 1. The van der Waals surface area contributed by atoms with Crippen LogP contribution >= 0.6 is 0 Å². The fraction of sp³-hybridized carbons (Fsp3) is 0.714. The summed E-state index contributed by atoms with van der Waals surface area (Å²) in [6.45, 7) is 3.53. The van der Waals surface area contributed by atoms with E-state index < -0.39 is 24.2 Å². The van der Waals surface area contributed by atoms with Gasteiger partial charge in [0.1, 0.15) is 24.4 Å². The average molecular weight is 447 g/mol. The lowest BCUT2D eigenvalue weighted by Gasteiger charge is -2.24. The molecule has 0 amide bonds. The molecule has 32 heavy (non-hydrogen) atoms. The van der Waals surface area contributed by atoms with Gasteiger partial charge in [-0.1, -0.05) is 0 Å². The number of hydrogen-bond donors (Lipinski definition) is 1. The summed E-state index contributed by atoms with van der Waals surface area (Å²) in [7, 11) is 3.77. The van der Waals surface area contributed by atoms with Gasteiger partial charge in [-0.05, 0) is 39.5 Å². The maximum atomic E-state index is 9.83. The molecule has 1 N–H and O–H groups in total. The molecule has 11 nitrogen and oxygen atoms in total. The first-order valence-electron chi connectivity index (χ1n) is 11.1. The normalized spacial score (nSPS) is 29.9. The molecule has 1 aliphatic carbocycles. The highest BCUT2D eigenvalue weighted by molar-refractivity contribution is 5.83. The van der Waals surface area contributed by atoms with E-state index in [2.05, 4.69) is 19.9 Å². The monoisotopic (exact) mass is 446 g/mol. The van der Waals surface area contributed by atoms with Gasteiger partial charge in [0.2, 0.25) is 0 Å². The maximum Gasteiger partial charge on any atom is 0.320 e. The number of aromatic nitrogens is 4. The number of rotatable bonds is 6. The fourth-order valence-corrected chi connectivity index (χ4v) is 4.57. The zero-order valence-corrected chi connectivity index (χ0v) is 18.8. The Kier molecular flexibility index (Phi) is 5.52. The second kappa shape index (κ2) is 8.22. The Balaban J connectivity index is 1.55. The lowest BCUT2D eigenvalue weighted by atomic mass is 10.1. The highest BCUT2D eigenvalue weighted by Gasteiger charge is 2.56. The van der Waals surface area contributed by atoms with Crippen LogP contribution in [0.2, 0.25) is 0 Å². The minimum atomic E-state index is -0.770. The molecule has 5 rings (SSSR count). The van der Waals surface area contributed by atoms with E-state index in [-0.39, 0.29) is 24.8 Å². The quantitative estimate of drug-likeness (QED) is 0.523. The van der Waals surface area contributed by atoms with Crippen LogP contribution in [-0.4, -0.2) is 86.8 Å². The molecule has 2 aliphatic heterocycles. The molecule has 0 aromatic carbocycles. The van der Waals surface area contributed by atoms with Gasteiger partial charge in [-0.3, -0.25) is 4.57 Å². The SMILES string of the molecule is CN(C)/C=N\c1nc(OC2CCCC2)nc2c1ncn2[C@@H]1O[C@H](CO)[C@H]2OC(C)(C)O[C@H]21. The van der Waals surface area contributed by atoms with E-state index in [1.807, 2.05) is 32.8 Å². The zero-order chi connectivity index (χ0) is 22.5. The first-order chi connectivity index (χ1) is 15.3. The van der Waals surface area contributed by atoms with Crippen molar-refractivity contribution < 1.29 is 24.1 Å². The second-order valence-corrected chi connectivity index (χ2v) is 9.20. The minimum Gasteiger partial charge on any atom is -0.460 e. The van der Waals surface area contributed by atoms with Gasteiger partial charge in [0, 0.05) is 14.1 Å². The summed E-state index contributed by atoms with van der Waals surface area (Å²) in [6.07, 6.45) is 5.81. The van der Waals surface area contributed by atoms with Crippen LogP contribution in [0.1, 0.15) is 45.8 Å². The number of imidazole rings is 1. The van der Waals surface area contributed by atoms with Crippen molar-refractivity contribution in [3.63, 3.8) is 0 Å². The van der Waals surface area contributed by atoms with Gasteiger partial charge >= 0.3 is 6.01 Å². The van der Waals surface area contributed by atoms with Gasteiger partial charge in [-0.2, -0.15) is 9.97 Å². The molecule has 0 bridgehead atoms. The molecule has 2 saturated heterocycles. The van der Waals surface area contributed by atoms with Crippen molar-refractivity contribution in [2.75, 3.05) is 20.7 Å². The average Bonchev–Trinajstić information content (AvgIpc) is 3.50. The summed E-state index contributed by atoms with van der Waals surface area (Å²) in [4.78, 5) is 20.0. The van der Waals surface area contributed by atoms with Gasteiger partial charge in [0.15, 0.2) is 29.0 Å². The number of aliphatic imine (C=N–C) groups is 1. The summed E-state index contributed by atoms with van der Waals surface area (Å²) in [5.74, 6) is -0.346. The number of nitrogens with zero attached hydrogens (tertiary/aromatic N) is 6. The van der Waals surface area contributed by atoms with Crippen LogP contribution < -0.4 is 4.74 Å². The van der Waals surface area contributed by atoms with Gasteiger partial charge in [-0.25, -0.2) is 9.98 Å². The minimum absolute atomic E-state index is 0.104. The van der Waals surface area contributed by atoms with Crippen molar-refractivity contribution in [3.8, 4) is 6.01 Å². The van der Waals surface area contributed by atoms with Gasteiger partial charge < -0.3 is 29.0 Å². The van der Waals surface area contributed by atoms with Crippen LogP contribution in [0.4, 0.5) is 5.82 Å². The highest BCUT2D eigenvalue weighted by Crippen LogP contribution is 2.44. The van der Waals surface area contributed by atoms with Crippen LogP contribution in [0.3, 0.4) is 0 Å². The number of fused-ring (bicyclic) bond motifs is 2. The van der Waals surface area contributed by atoms with Crippen LogP contribution in [0.5, 0.6) is 6.01 Å². The molecule has 0 spiro atoms. The Morgan fingerprint density at radius 3 is 2.72 bits per heavy atom. The van der Waals surface area contributed by atoms with Crippen LogP contribution in [-0.2, 0) is 14.2 Å². The topological polar surface area (TPSA) is 116 Å². The lowest BCUT2D eigenvalue weighted by Crippen LogP contribution is -2.31. The molecule has 174 valence electrons. The summed E-state index contributed by atoms with van der Waals surface area (Å²) < 4.78 is 26.1. The first-order valence-corrected chi connectivity index (χ1v) is 11.1. The molecule has 2 aromatic rings. The Morgan fingerprint density at radius 2 is 2.00 bits per heavy atom. The van der Waals surface area contributed by atoms with E-state index in [4.69, 9.17) is 18.9 Å². The van der Waals surface area contributed by atoms with E-state index in [9.17, 15) is 5.11 Å². The van der Waals surface area contributed by atoms with E-state index in [1.54, 1.807) is 17.2 Å². The lowest BCUT2D eigenvalue weighted by molar-refractivity contribution is -0.199. The zero-order valence-electron chi connectivity index (χ0n) is 18.8. The van der Waals surface area contributed by atoms with Crippen LogP contribution in [0, 0.1) is 0 Å². The molecule has 2 aromatic heterocycles. The van der Waals surface area contributed by atoms with Crippen molar-refractivity contribution in [1.82, 2.24) is 24.4 Å². The summed E-state index contributed by atoms with van der Waals surface area (Å²) >= 11 is 0. The summed E-state index contributed by atoms with van der Waals surface area (Å²) in [5, 5.41) is 9.83. The smallest absolute Gasteiger partial charge is 0.320 e.